The van der Waals surface area contributed by atoms with Gasteiger partial charge in [-0.2, -0.15) is 4.98 Å². The molecule has 0 bridgehead atoms. The van der Waals surface area contributed by atoms with Crippen molar-refractivity contribution in [2.24, 2.45) is 18.9 Å². The van der Waals surface area contributed by atoms with E-state index in [2.05, 4.69) is 35.3 Å². The average molecular weight is 331 g/mol. The molecule has 1 fully saturated rings. The second-order valence-corrected chi connectivity index (χ2v) is 7.30. The number of allylic oxidation sites excluding steroid dienone is 1. The van der Waals surface area contributed by atoms with E-state index in [1.807, 2.05) is 11.5 Å². The molecule has 0 aliphatic carbocycles. The number of hydrogen-bond donors (Lipinski definition) is 1. The molecule has 1 N–H and O–H groups in total. The lowest BCUT2D eigenvalue weighted by Gasteiger charge is -2.35. The molecule has 2 aromatic heterocycles. The van der Waals surface area contributed by atoms with Crippen molar-refractivity contribution in [2.75, 3.05) is 18.0 Å². The van der Waals surface area contributed by atoms with E-state index in [0.717, 1.165) is 24.6 Å². The van der Waals surface area contributed by atoms with Crippen LogP contribution in [0.5, 0.6) is 0 Å². The Hall–Kier alpha value is -2.31. The zero-order chi connectivity index (χ0) is 17.6. The summed E-state index contributed by atoms with van der Waals surface area (Å²) in [4.78, 5) is 33.6. The number of nitrogens with one attached hydrogen (secondary N) is 1. The van der Waals surface area contributed by atoms with Crippen molar-refractivity contribution < 1.29 is 0 Å². The normalized spacial score (nSPS) is 21.4. The molecule has 3 heterocycles. The van der Waals surface area contributed by atoms with Crippen molar-refractivity contribution in [3.63, 3.8) is 0 Å². The van der Waals surface area contributed by atoms with E-state index in [0.29, 0.717) is 29.5 Å². The number of H-pyrrole nitrogens is 1. The highest BCUT2D eigenvalue weighted by Crippen LogP contribution is 2.28. The highest BCUT2D eigenvalue weighted by atomic mass is 16.2. The number of piperidine rings is 1. The van der Waals surface area contributed by atoms with Gasteiger partial charge in [0, 0.05) is 26.7 Å². The molecule has 7 nitrogen and oxygen atoms in total. The zero-order valence-electron chi connectivity index (χ0n) is 14.8. The first-order valence-electron chi connectivity index (χ1n) is 8.36. The van der Waals surface area contributed by atoms with Gasteiger partial charge < -0.3 is 9.47 Å². The molecule has 130 valence electrons. The fraction of sp³-hybridized carbons (Fsp3) is 0.588. The number of aromatic amines is 1. The molecule has 0 radical (unpaired) electrons. The average Bonchev–Trinajstić information content (AvgIpc) is 2.83. The van der Waals surface area contributed by atoms with E-state index in [1.54, 1.807) is 7.05 Å². The molecule has 24 heavy (non-hydrogen) atoms. The molecule has 7 heteroatoms. The molecule has 1 aliphatic rings. The monoisotopic (exact) mass is 331 g/mol. The van der Waals surface area contributed by atoms with Crippen molar-refractivity contribution in [1.82, 2.24) is 19.1 Å². The number of anilines is 1. The SMILES string of the molecule is C=C(C)Cn1c(N2C[C@@H](C)C[C@H](C)C2)nc2c1c(=O)[nH]c(=O)n2C. The van der Waals surface area contributed by atoms with Gasteiger partial charge in [-0.3, -0.25) is 14.3 Å². The second-order valence-electron chi connectivity index (χ2n) is 7.30. The quantitative estimate of drug-likeness (QED) is 0.865. The Kier molecular flexibility index (Phi) is 4.11. The Morgan fingerprint density at radius 1 is 1.29 bits per heavy atom. The van der Waals surface area contributed by atoms with Gasteiger partial charge in [-0.15, -0.1) is 0 Å². The molecule has 0 spiro atoms. The maximum absolute atomic E-state index is 12.4. The summed E-state index contributed by atoms with van der Waals surface area (Å²) in [5.41, 5.74) is 0.944. The van der Waals surface area contributed by atoms with Gasteiger partial charge in [0.2, 0.25) is 5.95 Å². The fourth-order valence-corrected chi connectivity index (χ4v) is 3.71. The minimum atomic E-state index is -0.445. The standard InChI is InChI=1S/C17H25N5O2/c1-10(2)7-22-13-14(20(5)17(24)19-15(13)23)18-16(22)21-8-11(3)6-12(4)9-21/h11-12H,1,6-9H2,2-5H3,(H,19,23,24)/t11-,12-/m0/s1. The van der Waals surface area contributed by atoms with Crippen molar-refractivity contribution in [3.05, 3.63) is 33.0 Å². The summed E-state index contributed by atoms with van der Waals surface area (Å²) in [6.45, 7) is 12.7. The minimum absolute atomic E-state index is 0.397. The van der Waals surface area contributed by atoms with Crippen LogP contribution >= 0.6 is 0 Å². The molecular formula is C17H25N5O2. The van der Waals surface area contributed by atoms with Crippen molar-refractivity contribution in [3.8, 4) is 0 Å². The predicted molar refractivity (Wildman–Crippen MR) is 95.6 cm³/mol. The molecule has 2 atom stereocenters. The van der Waals surface area contributed by atoms with Crippen molar-refractivity contribution >= 4 is 17.1 Å². The maximum Gasteiger partial charge on any atom is 0.329 e. The molecule has 2 aromatic rings. The number of aromatic nitrogens is 4. The van der Waals surface area contributed by atoms with Crippen LogP contribution < -0.4 is 16.1 Å². The minimum Gasteiger partial charge on any atom is -0.342 e. The summed E-state index contributed by atoms with van der Waals surface area (Å²) < 4.78 is 3.28. The number of fused-ring (bicyclic) bond motifs is 1. The first-order chi connectivity index (χ1) is 11.3. The smallest absolute Gasteiger partial charge is 0.329 e. The lowest BCUT2D eigenvalue weighted by molar-refractivity contribution is 0.352. The maximum atomic E-state index is 12.4. The van der Waals surface area contributed by atoms with Crippen molar-refractivity contribution in [1.29, 1.82) is 0 Å². The van der Waals surface area contributed by atoms with Crippen LogP contribution in [-0.4, -0.2) is 32.2 Å². The van der Waals surface area contributed by atoms with Gasteiger partial charge in [-0.05, 0) is 25.2 Å². The summed E-state index contributed by atoms with van der Waals surface area (Å²) in [6.07, 6.45) is 1.19. The lowest BCUT2D eigenvalue weighted by Crippen LogP contribution is -2.40. The summed E-state index contributed by atoms with van der Waals surface area (Å²) in [7, 11) is 1.63. The van der Waals surface area contributed by atoms with E-state index in [1.165, 1.54) is 11.0 Å². The Bertz CT molecular complexity index is 894. The number of aryl methyl sites for hydroxylation is 1. The van der Waals surface area contributed by atoms with Crippen LogP contribution in [0.25, 0.3) is 11.2 Å². The van der Waals surface area contributed by atoms with Gasteiger partial charge in [0.25, 0.3) is 5.56 Å². The lowest BCUT2D eigenvalue weighted by atomic mass is 9.92. The summed E-state index contributed by atoms with van der Waals surface area (Å²) >= 11 is 0. The molecular weight excluding hydrogens is 306 g/mol. The first kappa shape index (κ1) is 16.5. The number of hydrogen-bond acceptors (Lipinski definition) is 4. The van der Waals surface area contributed by atoms with Crippen LogP contribution in [0.2, 0.25) is 0 Å². The number of imidazole rings is 1. The van der Waals surface area contributed by atoms with E-state index in [-0.39, 0.29) is 0 Å². The van der Waals surface area contributed by atoms with Gasteiger partial charge >= 0.3 is 5.69 Å². The first-order valence-corrected chi connectivity index (χ1v) is 8.36. The number of rotatable bonds is 3. The Balaban J connectivity index is 2.25. The van der Waals surface area contributed by atoms with Gasteiger partial charge in [-0.1, -0.05) is 26.0 Å². The highest BCUT2D eigenvalue weighted by molar-refractivity contribution is 5.74. The van der Waals surface area contributed by atoms with E-state index in [4.69, 9.17) is 0 Å². The largest absolute Gasteiger partial charge is 0.342 e. The molecule has 0 saturated carbocycles. The fourth-order valence-electron chi connectivity index (χ4n) is 3.71. The molecule has 0 aromatic carbocycles. The van der Waals surface area contributed by atoms with Crippen LogP contribution in [-0.2, 0) is 13.6 Å². The summed E-state index contributed by atoms with van der Waals surface area (Å²) in [6, 6.07) is 0. The van der Waals surface area contributed by atoms with E-state index in [9.17, 15) is 9.59 Å². The Morgan fingerprint density at radius 2 is 1.92 bits per heavy atom. The molecule has 1 saturated heterocycles. The molecule has 0 amide bonds. The van der Waals surface area contributed by atoms with E-state index < -0.39 is 11.2 Å². The van der Waals surface area contributed by atoms with Gasteiger partial charge in [-0.25, -0.2) is 4.79 Å². The molecule has 1 aliphatic heterocycles. The zero-order valence-corrected chi connectivity index (χ0v) is 14.8. The molecule has 0 unspecified atom stereocenters. The second kappa shape index (κ2) is 5.96. The Morgan fingerprint density at radius 3 is 2.50 bits per heavy atom. The van der Waals surface area contributed by atoms with Crippen LogP contribution in [0, 0.1) is 11.8 Å². The van der Waals surface area contributed by atoms with Crippen LogP contribution in [0.3, 0.4) is 0 Å². The van der Waals surface area contributed by atoms with Gasteiger partial charge in [0.05, 0.1) is 0 Å². The van der Waals surface area contributed by atoms with Crippen LogP contribution in [0.4, 0.5) is 5.95 Å². The third-order valence-electron chi connectivity index (χ3n) is 4.57. The summed E-state index contributed by atoms with van der Waals surface area (Å²) in [5, 5.41) is 0. The number of nitrogens with zero attached hydrogens (tertiary/aromatic N) is 4. The Labute approximate surface area is 140 Å². The topological polar surface area (TPSA) is 75.9 Å². The van der Waals surface area contributed by atoms with Crippen LogP contribution in [0.15, 0.2) is 21.7 Å². The third kappa shape index (κ3) is 2.79. The van der Waals surface area contributed by atoms with E-state index >= 15 is 0 Å². The predicted octanol–water partition coefficient (Wildman–Crippen LogP) is 1.48. The van der Waals surface area contributed by atoms with Gasteiger partial charge in [0.15, 0.2) is 11.2 Å². The highest BCUT2D eigenvalue weighted by Gasteiger charge is 2.27. The summed E-state index contributed by atoms with van der Waals surface area (Å²) in [5.74, 6) is 1.88. The van der Waals surface area contributed by atoms with Crippen LogP contribution in [0.1, 0.15) is 27.2 Å². The third-order valence-corrected chi connectivity index (χ3v) is 4.57. The van der Waals surface area contributed by atoms with Gasteiger partial charge in [0.1, 0.15) is 0 Å². The van der Waals surface area contributed by atoms with Crippen molar-refractivity contribution in [2.45, 2.75) is 33.7 Å². The molecule has 3 rings (SSSR count).